The number of aliphatic imine (C=N–C) groups is 1. The number of amides is 1. The van der Waals surface area contributed by atoms with Crippen LogP contribution in [0.2, 0.25) is 0 Å². The Bertz CT molecular complexity index is 1200. The molecule has 1 aliphatic rings. The van der Waals surface area contributed by atoms with Crippen molar-refractivity contribution in [3.63, 3.8) is 0 Å². The fourth-order valence-corrected chi connectivity index (χ4v) is 3.83. The third kappa shape index (κ3) is 3.84. The number of carbonyl (C=O) groups is 1. The van der Waals surface area contributed by atoms with Gasteiger partial charge in [0.25, 0.3) is 5.91 Å². The molecule has 0 aliphatic carbocycles. The van der Waals surface area contributed by atoms with Crippen molar-refractivity contribution in [1.82, 2.24) is 0 Å². The van der Waals surface area contributed by atoms with E-state index in [0.29, 0.717) is 17.5 Å². The Morgan fingerprint density at radius 2 is 1.26 bits per heavy atom. The van der Waals surface area contributed by atoms with Gasteiger partial charge in [0.2, 0.25) is 5.82 Å². The van der Waals surface area contributed by atoms with E-state index in [-0.39, 0.29) is 10.1 Å². The highest BCUT2D eigenvalue weighted by molar-refractivity contribution is 8.19. The van der Waals surface area contributed by atoms with E-state index in [4.69, 9.17) is 0 Å². The van der Waals surface area contributed by atoms with Gasteiger partial charge in [-0.15, -0.1) is 0 Å². The van der Waals surface area contributed by atoms with Crippen LogP contribution in [0.25, 0.3) is 6.08 Å². The van der Waals surface area contributed by atoms with Crippen molar-refractivity contribution in [2.24, 2.45) is 4.99 Å². The highest BCUT2D eigenvalue weighted by Crippen LogP contribution is 2.38. The van der Waals surface area contributed by atoms with Gasteiger partial charge in [0, 0.05) is 0 Å². The van der Waals surface area contributed by atoms with Gasteiger partial charge in [0.1, 0.15) is 0 Å². The van der Waals surface area contributed by atoms with E-state index in [0.717, 1.165) is 11.8 Å². The average Bonchev–Trinajstić information content (AvgIpc) is 3.09. The van der Waals surface area contributed by atoms with Crippen molar-refractivity contribution >= 4 is 40.3 Å². The van der Waals surface area contributed by atoms with Gasteiger partial charge in [0.05, 0.1) is 21.8 Å². The maximum atomic E-state index is 14.1. The molecule has 9 heteroatoms. The van der Waals surface area contributed by atoms with Gasteiger partial charge in [0.15, 0.2) is 28.4 Å². The summed E-state index contributed by atoms with van der Waals surface area (Å²) in [7, 11) is 0. The molecule has 0 N–H and O–H groups in total. The minimum absolute atomic E-state index is 0.164. The molecule has 3 aromatic rings. The van der Waals surface area contributed by atoms with Crippen LogP contribution in [-0.2, 0) is 4.79 Å². The predicted molar refractivity (Wildman–Crippen MR) is 109 cm³/mol. The van der Waals surface area contributed by atoms with Crippen molar-refractivity contribution in [3.8, 4) is 0 Å². The number of thioether (sulfide) groups is 1. The maximum absolute atomic E-state index is 14.1. The molecule has 0 bridgehead atoms. The summed E-state index contributed by atoms with van der Waals surface area (Å²) in [4.78, 5) is 18.4. The van der Waals surface area contributed by atoms with E-state index >= 15 is 0 Å². The Hall–Kier alpha value is -3.46. The molecule has 0 saturated carbocycles. The molecule has 1 fully saturated rings. The number of halogens is 5. The molecule has 3 nitrogen and oxygen atoms in total. The zero-order valence-corrected chi connectivity index (χ0v) is 16.3. The number of hydrogen-bond donors (Lipinski definition) is 0. The van der Waals surface area contributed by atoms with Crippen LogP contribution in [0.3, 0.4) is 0 Å². The zero-order chi connectivity index (χ0) is 22.1. The monoisotopic (exact) mass is 446 g/mol. The number of rotatable bonds is 3. The molecule has 4 rings (SSSR count). The van der Waals surface area contributed by atoms with Crippen molar-refractivity contribution in [1.29, 1.82) is 0 Å². The van der Waals surface area contributed by atoms with Crippen molar-refractivity contribution in [2.45, 2.75) is 0 Å². The molecule has 0 aromatic heterocycles. The molecule has 0 spiro atoms. The molecular formula is C22H11F5N2OS. The van der Waals surface area contributed by atoms with Crippen LogP contribution in [0.5, 0.6) is 0 Å². The lowest BCUT2D eigenvalue weighted by Gasteiger charge is -2.15. The Morgan fingerprint density at radius 3 is 1.84 bits per heavy atom. The van der Waals surface area contributed by atoms with Crippen molar-refractivity contribution in [2.75, 3.05) is 4.90 Å². The van der Waals surface area contributed by atoms with Gasteiger partial charge in [-0.25, -0.2) is 26.9 Å². The van der Waals surface area contributed by atoms with E-state index in [1.54, 1.807) is 60.7 Å². The maximum Gasteiger partial charge on any atom is 0.271 e. The van der Waals surface area contributed by atoms with Crippen LogP contribution in [0.1, 0.15) is 5.56 Å². The van der Waals surface area contributed by atoms with Gasteiger partial charge in [-0.2, -0.15) is 0 Å². The molecular weight excluding hydrogens is 435 g/mol. The lowest BCUT2D eigenvalue weighted by molar-refractivity contribution is -0.113. The van der Waals surface area contributed by atoms with Gasteiger partial charge in [-0.1, -0.05) is 36.4 Å². The molecule has 0 atom stereocenters. The van der Waals surface area contributed by atoms with E-state index in [1.807, 2.05) is 0 Å². The topological polar surface area (TPSA) is 32.7 Å². The molecule has 0 unspecified atom stereocenters. The van der Waals surface area contributed by atoms with Crippen LogP contribution in [0.15, 0.2) is 70.6 Å². The van der Waals surface area contributed by atoms with E-state index in [1.165, 1.54) is 4.90 Å². The molecule has 0 radical (unpaired) electrons. The van der Waals surface area contributed by atoms with Gasteiger partial charge >= 0.3 is 0 Å². The zero-order valence-electron chi connectivity index (χ0n) is 15.5. The number of amidine groups is 1. The first-order chi connectivity index (χ1) is 14.9. The first kappa shape index (κ1) is 20.8. The second-order valence-electron chi connectivity index (χ2n) is 6.30. The third-order valence-electron chi connectivity index (χ3n) is 4.32. The molecule has 1 aliphatic heterocycles. The standard InChI is InChI=1S/C22H11F5N2OS/c23-16-14(17(24)19(26)20(27)18(16)25)11-15-21(30)29(13-9-5-2-6-10-13)22(31-15)28-12-7-3-1-4-8-12/h1-11H/b15-11-,28-22?. The molecule has 1 saturated heterocycles. The molecule has 1 heterocycles. The first-order valence-corrected chi connectivity index (χ1v) is 9.64. The highest BCUT2D eigenvalue weighted by Gasteiger charge is 2.36. The number of benzene rings is 3. The Morgan fingerprint density at radius 1 is 0.742 bits per heavy atom. The fraction of sp³-hybridized carbons (Fsp3) is 0. The summed E-state index contributed by atoms with van der Waals surface area (Å²) in [5, 5.41) is 0.164. The molecule has 156 valence electrons. The van der Waals surface area contributed by atoms with E-state index < -0.39 is 40.6 Å². The fourth-order valence-electron chi connectivity index (χ4n) is 2.85. The third-order valence-corrected chi connectivity index (χ3v) is 5.29. The smallest absolute Gasteiger partial charge is 0.268 e. The van der Waals surface area contributed by atoms with Gasteiger partial charge < -0.3 is 0 Å². The Labute approximate surface area is 177 Å². The van der Waals surface area contributed by atoms with E-state index in [9.17, 15) is 26.7 Å². The quantitative estimate of drug-likeness (QED) is 0.208. The first-order valence-electron chi connectivity index (χ1n) is 8.82. The van der Waals surface area contributed by atoms with Crippen LogP contribution in [-0.4, -0.2) is 11.1 Å². The second kappa shape index (κ2) is 8.35. The molecule has 1 amide bonds. The van der Waals surface area contributed by atoms with Crippen LogP contribution < -0.4 is 4.90 Å². The van der Waals surface area contributed by atoms with Crippen LogP contribution in [0.4, 0.5) is 33.3 Å². The summed E-state index contributed by atoms with van der Waals surface area (Å²) in [5.41, 5.74) is -0.257. The van der Waals surface area contributed by atoms with Crippen LogP contribution in [0, 0.1) is 29.1 Å². The van der Waals surface area contributed by atoms with E-state index in [2.05, 4.69) is 4.99 Å². The number of nitrogens with zero attached hydrogens (tertiary/aromatic N) is 2. The number of carbonyl (C=O) groups excluding carboxylic acids is 1. The SMILES string of the molecule is O=C1/C(=C/c2c(F)c(F)c(F)c(F)c2F)SC(=Nc2ccccc2)N1c1ccccc1. The van der Waals surface area contributed by atoms with Gasteiger partial charge in [-0.3, -0.25) is 9.69 Å². The number of para-hydroxylation sites is 2. The Kier molecular flexibility index (Phi) is 5.60. The lowest BCUT2D eigenvalue weighted by atomic mass is 10.1. The lowest BCUT2D eigenvalue weighted by Crippen LogP contribution is -2.28. The summed E-state index contributed by atoms with van der Waals surface area (Å²) < 4.78 is 68.7. The normalized spacial score (nSPS) is 16.5. The minimum Gasteiger partial charge on any atom is -0.268 e. The highest BCUT2D eigenvalue weighted by atomic mass is 32.2. The number of hydrogen-bond acceptors (Lipinski definition) is 3. The van der Waals surface area contributed by atoms with Crippen molar-refractivity contribution in [3.05, 3.63) is 100 Å². The molecule has 3 aromatic carbocycles. The molecule has 31 heavy (non-hydrogen) atoms. The summed E-state index contributed by atoms with van der Waals surface area (Å²) >= 11 is 0.760. The summed E-state index contributed by atoms with van der Waals surface area (Å²) in [6.45, 7) is 0. The predicted octanol–water partition coefficient (Wildman–Crippen LogP) is 6.19. The summed E-state index contributed by atoms with van der Waals surface area (Å²) in [5.74, 6) is -11.2. The average molecular weight is 446 g/mol. The van der Waals surface area contributed by atoms with Crippen molar-refractivity contribution < 1.29 is 26.7 Å². The summed E-state index contributed by atoms with van der Waals surface area (Å²) in [6, 6.07) is 17.0. The summed E-state index contributed by atoms with van der Waals surface area (Å²) in [6.07, 6.45) is 0.646. The number of anilines is 1. The van der Waals surface area contributed by atoms with Gasteiger partial charge in [-0.05, 0) is 42.1 Å². The second-order valence-corrected chi connectivity index (χ2v) is 7.31. The van der Waals surface area contributed by atoms with Crippen LogP contribution >= 0.6 is 11.8 Å². The minimum atomic E-state index is -2.26. The largest absolute Gasteiger partial charge is 0.271 e. The Balaban J connectivity index is 1.85.